The number of rotatable bonds is 5. The Labute approximate surface area is 120 Å². The van der Waals surface area contributed by atoms with Crippen molar-refractivity contribution in [2.24, 2.45) is 0 Å². The number of carbonyl (C=O) groups is 1. The van der Waals surface area contributed by atoms with Crippen LogP contribution >= 0.6 is 11.3 Å². The maximum atomic E-state index is 11.3. The van der Waals surface area contributed by atoms with Crippen molar-refractivity contribution in [3.63, 3.8) is 0 Å². The Bertz CT molecular complexity index is 638. The highest BCUT2D eigenvalue weighted by Crippen LogP contribution is 2.30. The van der Waals surface area contributed by atoms with Crippen molar-refractivity contribution in [1.29, 1.82) is 0 Å². The Morgan fingerprint density at radius 2 is 2.15 bits per heavy atom. The predicted molar refractivity (Wildman–Crippen MR) is 79.5 cm³/mol. The van der Waals surface area contributed by atoms with Crippen molar-refractivity contribution < 1.29 is 9.72 Å². The second-order valence-corrected chi connectivity index (χ2v) is 5.41. The number of nitro benzene ring substituents is 1. The minimum absolute atomic E-state index is 0.0307. The summed E-state index contributed by atoms with van der Waals surface area (Å²) in [5, 5.41) is 16.2. The van der Waals surface area contributed by atoms with Crippen LogP contribution in [0, 0.1) is 10.1 Å². The molecule has 0 amide bonds. The molecule has 0 fully saturated rings. The number of benzene rings is 1. The molecule has 0 aliphatic carbocycles. The summed E-state index contributed by atoms with van der Waals surface area (Å²) in [7, 11) is 0. The molecule has 0 saturated carbocycles. The van der Waals surface area contributed by atoms with Crippen LogP contribution in [0.2, 0.25) is 0 Å². The number of carbonyl (C=O) groups excluding carboxylic acids is 1. The number of Topliss-reactive ketones (excluding diaryl/α,β-unsaturated/α-hetero) is 1. The zero-order valence-electron chi connectivity index (χ0n) is 11.1. The molecule has 1 aromatic heterocycles. The van der Waals surface area contributed by atoms with E-state index in [1.165, 1.54) is 13.0 Å². The molecule has 0 unspecified atom stereocenters. The maximum absolute atomic E-state index is 11.3. The van der Waals surface area contributed by atoms with Gasteiger partial charge in [0.15, 0.2) is 5.78 Å². The molecule has 0 aliphatic heterocycles. The number of anilines is 1. The van der Waals surface area contributed by atoms with Crippen molar-refractivity contribution in [3.05, 3.63) is 56.3 Å². The van der Waals surface area contributed by atoms with Crippen LogP contribution in [0.3, 0.4) is 0 Å². The standard InChI is InChI=1S/C14H14N2O3S/c1-9(14-4-3-7-20-14)15-12-6-5-11(10(2)17)8-13(12)16(18)19/h3-9,15H,1-2H3/t9-/m0/s1. The highest BCUT2D eigenvalue weighted by atomic mass is 32.1. The SMILES string of the molecule is CC(=O)c1ccc(N[C@@H](C)c2cccs2)c([N+](=O)[O-])c1. The normalized spacial score (nSPS) is 11.9. The quantitative estimate of drug-likeness (QED) is 0.512. The fraction of sp³-hybridized carbons (Fsp3) is 0.214. The smallest absolute Gasteiger partial charge is 0.293 e. The molecule has 1 heterocycles. The lowest BCUT2D eigenvalue weighted by atomic mass is 10.1. The number of nitrogens with one attached hydrogen (secondary N) is 1. The Morgan fingerprint density at radius 3 is 2.70 bits per heavy atom. The van der Waals surface area contributed by atoms with Gasteiger partial charge in [0.1, 0.15) is 5.69 Å². The van der Waals surface area contributed by atoms with Crippen molar-refractivity contribution >= 4 is 28.5 Å². The van der Waals surface area contributed by atoms with Crippen LogP contribution in [0.4, 0.5) is 11.4 Å². The molecule has 6 heteroatoms. The van der Waals surface area contributed by atoms with Gasteiger partial charge in [-0.1, -0.05) is 6.07 Å². The fourth-order valence-corrected chi connectivity index (χ4v) is 2.60. The molecule has 0 saturated heterocycles. The molecule has 0 radical (unpaired) electrons. The van der Waals surface area contributed by atoms with Crippen molar-refractivity contribution in [3.8, 4) is 0 Å². The van der Waals surface area contributed by atoms with E-state index in [1.54, 1.807) is 23.5 Å². The van der Waals surface area contributed by atoms with Gasteiger partial charge in [0.2, 0.25) is 0 Å². The second-order valence-electron chi connectivity index (χ2n) is 4.43. The third-order valence-corrected chi connectivity index (χ3v) is 4.00. The van der Waals surface area contributed by atoms with Gasteiger partial charge in [-0.3, -0.25) is 14.9 Å². The second kappa shape index (κ2) is 5.83. The van der Waals surface area contributed by atoms with Crippen molar-refractivity contribution in [2.75, 3.05) is 5.32 Å². The Kier molecular flexibility index (Phi) is 4.14. The van der Waals surface area contributed by atoms with E-state index in [-0.39, 0.29) is 17.5 Å². The molecule has 2 rings (SSSR count). The minimum atomic E-state index is -0.476. The van der Waals surface area contributed by atoms with Crippen molar-refractivity contribution in [1.82, 2.24) is 0 Å². The molecule has 1 aromatic carbocycles. The third-order valence-electron chi connectivity index (χ3n) is 2.94. The number of nitrogens with zero attached hydrogens (tertiary/aromatic N) is 1. The molecule has 104 valence electrons. The monoisotopic (exact) mass is 290 g/mol. The van der Waals surface area contributed by atoms with Gasteiger partial charge in [-0.05, 0) is 37.4 Å². The van der Waals surface area contributed by atoms with E-state index in [0.29, 0.717) is 11.3 Å². The van der Waals surface area contributed by atoms with E-state index < -0.39 is 4.92 Å². The number of ketones is 1. The summed E-state index contributed by atoms with van der Waals surface area (Å²) in [6.07, 6.45) is 0. The first-order valence-corrected chi connectivity index (χ1v) is 6.96. The zero-order valence-corrected chi connectivity index (χ0v) is 11.9. The maximum Gasteiger partial charge on any atom is 0.293 e. The van der Waals surface area contributed by atoms with E-state index in [1.807, 2.05) is 24.4 Å². The molecular formula is C14H14N2O3S. The van der Waals surface area contributed by atoms with Gasteiger partial charge < -0.3 is 5.32 Å². The van der Waals surface area contributed by atoms with Gasteiger partial charge >= 0.3 is 0 Å². The third kappa shape index (κ3) is 3.03. The summed E-state index contributed by atoms with van der Waals surface area (Å²) in [5.41, 5.74) is 0.674. The van der Waals surface area contributed by atoms with Crippen LogP contribution in [0.1, 0.15) is 35.1 Å². The van der Waals surface area contributed by atoms with E-state index >= 15 is 0 Å². The fourth-order valence-electron chi connectivity index (χ4n) is 1.87. The van der Waals surface area contributed by atoms with Crippen LogP contribution in [-0.2, 0) is 0 Å². The van der Waals surface area contributed by atoms with Crippen LogP contribution in [0.25, 0.3) is 0 Å². The summed E-state index contributed by atoms with van der Waals surface area (Å²) in [5.74, 6) is -0.189. The number of nitro groups is 1. The van der Waals surface area contributed by atoms with Gasteiger partial charge in [-0.2, -0.15) is 0 Å². The van der Waals surface area contributed by atoms with Crippen molar-refractivity contribution in [2.45, 2.75) is 19.9 Å². The average Bonchev–Trinajstić information content (AvgIpc) is 2.92. The number of thiophene rings is 1. The van der Waals surface area contributed by atoms with E-state index in [0.717, 1.165) is 4.88 Å². The molecule has 2 aromatic rings. The first kappa shape index (κ1) is 14.2. The van der Waals surface area contributed by atoms with Gasteiger partial charge in [-0.15, -0.1) is 11.3 Å². The molecule has 0 aliphatic rings. The number of hydrogen-bond acceptors (Lipinski definition) is 5. The summed E-state index contributed by atoms with van der Waals surface area (Å²) >= 11 is 1.59. The molecule has 1 N–H and O–H groups in total. The minimum Gasteiger partial charge on any atom is -0.372 e. The van der Waals surface area contributed by atoms with Gasteiger partial charge in [0.25, 0.3) is 5.69 Å². The molecule has 1 atom stereocenters. The average molecular weight is 290 g/mol. The Hall–Kier alpha value is -2.21. The lowest BCUT2D eigenvalue weighted by Gasteiger charge is -2.14. The Morgan fingerprint density at radius 1 is 1.40 bits per heavy atom. The van der Waals surface area contributed by atoms with Gasteiger partial charge in [0, 0.05) is 16.5 Å². The highest BCUT2D eigenvalue weighted by molar-refractivity contribution is 7.10. The van der Waals surface area contributed by atoms with E-state index in [2.05, 4.69) is 5.32 Å². The van der Waals surface area contributed by atoms with Crippen LogP contribution in [0.5, 0.6) is 0 Å². The topological polar surface area (TPSA) is 72.2 Å². The van der Waals surface area contributed by atoms with Gasteiger partial charge in [-0.25, -0.2) is 0 Å². The zero-order chi connectivity index (χ0) is 14.7. The molecule has 0 spiro atoms. The lowest BCUT2D eigenvalue weighted by Crippen LogP contribution is -2.07. The number of hydrogen-bond donors (Lipinski definition) is 1. The highest BCUT2D eigenvalue weighted by Gasteiger charge is 2.18. The summed E-state index contributed by atoms with van der Waals surface area (Å²) in [6, 6.07) is 8.37. The predicted octanol–water partition coefficient (Wildman–Crippen LogP) is 4.03. The Balaban J connectivity index is 2.31. The van der Waals surface area contributed by atoms with E-state index in [4.69, 9.17) is 0 Å². The lowest BCUT2D eigenvalue weighted by molar-refractivity contribution is -0.384. The molecule has 0 bridgehead atoms. The summed E-state index contributed by atoms with van der Waals surface area (Å²) < 4.78 is 0. The summed E-state index contributed by atoms with van der Waals surface area (Å²) in [4.78, 5) is 23.0. The largest absolute Gasteiger partial charge is 0.372 e. The van der Waals surface area contributed by atoms with Gasteiger partial charge in [0.05, 0.1) is 11.0 Å². The molecule has 5 nitrogen and oxygen atoms in total. The first-order chi connectivity index (χ1) is 9.49. The van der Waals surface area contributed by atoms with Crippen LogP contribution < -0.4 is 5.32 Å². The molecule has 20 heavy (non-hydrogen) atoms. The van der Waals surface area contributed by atoms with Crippen LogP contribution in [-0.4, -0.2) is 10.7 Å². The molecular weight excluding hydrogens is 276 g/mol. The first-order valence-electron chi connectivity index (χ1n) is 6.08. The summed E-state index contributed by atoms with van der Waals surface area (Å²) in [6.45, 7) is 3.33. The van der Waals surface area contributed by atoms with Crippen LogP contribution in [0.15, 0.2) is 35.7 Å². The van der Waals surface area contributed by atoms with E-state index in [9.17, 15) is 14.9 Å².